The average Bonchev–Trinajstić information content (AvgIpc) is 3.17. The number of anilines is 1. The number of rotatable bonds is 5. The van der Waals surface area contributed by atoms with E-state index in [1.54, 1.807) is 0 Å². The molecule has 6 nitrogen and oxygen atoms in total. The van der Waals surface area contributed by atoms with Gasteiger partial charge in [0.15, 0.2) is 15.0 Å². The van der Waals surface area contributed by atoms with E-state index >= 15 is 0 Å². The minimum absolute atomic E-state index is 0.0630. The predicted octanol–water partition coefficient (Wildman–Crippen LogP) is 3.67. The van der Waals surface area contributed by atoms with Gasteiger partial charge >= 0.3 is 0 Å². The summed E-state index contributed by atoms with van der Waals surface area (Å²) >= 11 is 7.34. The number of carbonyl (C=O) groups excluding carboxylic acids is 1. The van der Waals surface area contributed by atoms with Gasteiger partial charge in [-0.2, -0.15) is 0 Å². The van der Waals surface area contributed by atoms with Gasteiger partial charge in [0.05, 0.1) is 29.3 Å². The van der Waals surface area contributed by atoms with Crippen LogP contribution in [0.5, 0.6) is 0 Å². The first-order valence-electron chi connectivity index (χ1n) is 10.00. The van der Waals surface area contributed by atoms with Crippen LogP contribution in [0, 0.1) is 13.8 Å². The van der Waals surface area contributed by atoms with Crippen LogP contribution in [0.4, 0.5) is 5.69 Å². The number of carbonyl (C=O) groups is 1. The lowest BCUT2D eigenvalue weighted by Gasteiger charge is -2.26. The summed E-state index contributed by atoms with van der Waals surface area (Å²) in [6.07, 6.45) is 0. The highest BCUT2D eigenvalue weighted by Crippen LogP contribution is 2.32. The Balaban J connectivity index is 1.46. The minimum Gasteiger partial charge on any atom is -0.341 e. The van der Waals surface area contributed by atoms with Crippen molar-refractivity contribution in [2.24, 2.45) is 4.99 Å². The van der Waals surface area contributed by atoms with E-state index in [-0.39, 0.29) is 35.2 Å². The van der Waals surface area contributed by atoms with Crippen molar-refractivity contribution in [2.45, 2.75) is 32.5 Å². The number of amidine groups is 1. The predicted molar refractivity (Wildman–Crippen MR) is 128 cm³/mol. The third-order valence-corrected chi connectivity index (χ3v) is 8.65. The number of hydrogen-bond acceptors (Lipinski definition) is 6. The third kappa shape index (κ3) is 5.07. The van der Waals surface area contributed by atoms with Crippen molar-refractivity contribution in [2.75, 3.05) is 22.6 Å². The Morgan fingerprint density at radius 3 is 2.68 bits per heavy atom. The van der Waals surface area contributed by atoms with Crippen LogP contribution in [0.25, 0.3) is 0 Å². The molecule has 2 aromatic carbocycles. The fourth-order valence-corrected chi connectivity index (χ4v) is 6.79. The summed E-state index contributed by atoms with van der Waals surface area (Å²) in [4.78, 5) is 19.3. The summed E-state index contributed by atoms with van der Waals surface area (Å²) in [6.45, 7) is 4.52. The van der Waals surface area contributed by atoms with Crippen molar-refractivity contribution >= 4 is 50.0 Å². The lowest BCUT2D eigenvalue weighted by Crippen LogP contribution is -2.38. The average molecular weight is 478 g/mol. The lowest BCUT2D eigenvalue weighted by atomic mass is 10.1. The van der Waals surface area contributed by atoms with Gasteiger partial charge in [-0.05, 0) is 48.7 Å². The van der Waals surface area contributed by atoms with Gasteiger partial charge in [-0.1, -0.05) is 47.6 Å². The number of sulfone groups is 1. The molecule has 2 atom stereocenters. The zero-order valence-corrected chi connectivity index (χ0v) is 19.7. The molecule has 1 amide bonds. The van der Waals surface area contributed by atoms with Crippen molar-refractivity contribution < 1.29 is 13.2 Å². The number of halogens is 1. The molecule has 9 heteroatoms. The van der Waals surface area contributed by atoms with Crippen LogP contribution in [0.15, 0.2) is 47.5 Å². The molecule has 0 radical (unpaired) electrons. The molecule has 2 aliphatic rings. The number of hydrogen-bond donors (Lipinski definition) is 1. The molecule has 4 rings (SSSR count). The third-order valence-electron chi connectivity index (χ3n) is 5.69. The van der Waals surface area contributed by atoms with E-state index in [0.29, 0.717) is 11.6 Å². The minimum atomic E-state index is -3.10. The highest BCUT2D eigenvalue weighted by atomic mass is 35.5. The molecular formula is C22H24ClN3O3S2. The number of nitrogens with one attached hydrogen (secondary N) is 1. The second-order valence-corrected chi connectivity index (χ2v) is 11.5. The smallest absolute Gasteiger partial charge is 0.234 e. The molecule has 1 saturated heterocycles. The van der Waals surface area contributed by atoms with E-state index < -0.39 is 9.84 Å². The Labute approximate surface area is 192 Å². The molecule has 2 unspecified atom stereocenters. The molecule has 0 aromatic heterocycles. The van der Waals surface area contributed by atoms with Gasteiger partial charge in [0.25, 0.3) is 0 Å². The van der Waals surface area contributed by atoms with Crippen molar-refractivity contribution in [1.82, 2.24) is 4.90 Å². The summed E-state index contributed by atoms with van der Waals surface area (Å²) in [5, 5.41) is 4.33. The number of aliphatic imine (C=N–C) groups is 1. The van der Waals surface area contributed by atoms with E-state index in [1.165, 1.54) is 11.8 Å². The Bertz CT molecular complexity index is 1130. The molecular weight excluding hydrogens is 454 g/mol. The van der Waals surface area contributed by atoms with Gasteiger partial charge in [0, 0.05) is 17.3 Å². The second kappa shape index (κ2) is 8.84. The van der Waals surface area contributed by atoms with Crippen molar-refractivity contribution in [1.29, 1.82) is 0 Å². The molecule has 164 valence electrons. The summed E-state index contributed by atoms with van der Waals surface area (Å²) in [5.74, 6) is 0.244. The fraction of sp³-hybridized carbons (Fsp3) is 0.364. The van der Waals surface area contributed by atoms with Crippen molar-refractivity contribution in [3.05, 3.63) is 64.2 Å². The Hall–Kier alpha value is -2.03. The summed E-state index contributed by atoms with van der Waals surface area (Å²) in [5.41, 5.74) is 3.99. The van der Waals surface area contributed by atoms with E-state index in [0.717, 1.165) is 27.5 Å². The monoisotopic (exact) mass is 477 g/mol. The van der Waals surface area contributed by atoms with Crippen LogP contribution >= 0.6 is 23.4 Å². The number of benzene rings is 2. The Morgan fingerprint density at radius 2 is 1.94 bits per heavy atom. The zero-order valence-electron chi connectivity index (χ0n) is 17.3. The molecule has 1 N–H and O–H groups in total. The summed E-state index contributed by atoms with van der Waals surface area (Å²) in [7, 11) is -3.10. The van der Waals surface area contributed by atoms with Crippen LogP contribution in [0.3, 0.4) is 0 Å². The first kappa shape index (κ1) is 22.2. The Morgan fingerprint density at radius 1 is 1.19 bits per heavy atom. The van der Waals surface area contributed by atoms with Crippen LogP contribution in [0.2, 0.25) is 5.02 Å². The van der Waals surface area contributed by atoms with Gasteiger partial charge < -0.3 is 10.2 Å². The maximum Gasteiger partial charge on any atom is 0.234 e. The maximum atomic E-state index is 12.6. The van der Waals surface area contributed by atoms with Crippen LogP contribution < -0.4 is 5.32 Å². The van der Waals surface area contributed by atoms with Crippen LogP contribution in [-0.4, -0.2) is 53.7 Å². The molecule has 31 heavy (non-hydrogen) atoms. The lowest BCUT2D eigenvalue weighted by molar-refractivity contribution is -0.113. The number of fused-ring (bicyclic) bond motifs is 1. The largest absolute Gasteiger partial charge is 0.341 e. The normalized spacial score (nSPS) is 21.6. The fourth-order valence-electron chi connectivity index (χ4n) is 3.88. The van der Waals surface area contributed by atoms with E-state index in [4.69, 9.17) is 11.6 Å². The van der Waals surface area contributed by atoms with Crippen molar-refractivity contribution in [3.63, 3.8) is 0 Å². The molecule has 1 fully saturated rings. The molecule has 0 saturated carbocycles. The highest BCUT2D eigenvalue weighted by molar-refractivity contribution is 8.14. The number of aryl methyl sites for hydroxylation is 1. The summed E-state index contributed by atoms with van der Waals surface area (Å²) < 4.78 is 24.3. The molecule has 2 aliphatic heterocycles. The quantitative estimate of drug-likeness (QED) is 0.710. The topological polar surface area (TPSA) is 78.8 Å². The first-order valence-corrected chi connectivity index (χ1v) is 13.2. The number of nitrogens with zero attached hydrogens (tertiary/aromatic N) is 2. The van der Waals surface area contributed by atoms with Gasteiger partial charge in [-0.15, -0.1) is 0 Å². The van der Waals surface area contributed by atoms with Gasteiger partial charge in [-0.3, -0.25) is 9.79 Å². The van der Waals surface area contributed by atoms with Crippen LogP contribution in [0.1, 0.15) is 16.7 Å². The molecule has 0 spiro atoms. The second-order valence-electron chi connectivity index (χ2n) is 7.96. The van der Waals surface area contributed by atoms with E-state index in [1.807, 2.05) is 61.2 Å². The first-order chi connectivity index (χ1) is 14.7. The van der Waals surface area contributed by atoms with E-state index in [2.05, 4.69) is 10.3 Å². The van der Waals surface area contributed by atoms with E-state index in [9.17, 15) is 13.2 Å². The van der Waals surface area contributed by atoms with Gasteiger partial charge in [-0.25, -0.2) is 8.42 Å². The SMILES string of the molecule is Cc1cccc(NC(=O)CSC2=NC3CS(=O)(=O)CC3N2Cc2ccc(Cl)cc2)c1C. The van der Waals surface area contributed by atoms with Gasteiger partial charge in [0.1, 0.15) is 0 Å². The standard InChI is InChI=1S/C22H24ClN3O3S2/c1-14-4-3-5-18(15(14)2)24-21(27)11-30-22-25-19-12-31(28,29)13-20(19)26(22)10-16-6-8-17(23)9-7-16/h3-9,19-20H,10-13H2,1-2H3,(H,24,27). The number of amides is 1. The molecule has 0 aliphatic carbocycles. The summed E-state index contributed by atoms with van der Waals surface area (Å²) in [6, 6.07) is 12.8. The van der Waals surface area contributed by atoms with Crippen molar-refractivity contribution in [3.8, 4) is 0 Å². The molecule has 2 aromatic rings. The van der Waals surface area contributed by atoms with Gasteiger partial charge in [0.2, 0.25) is 5.91 Å². The highest BCUT2D eigenvalue weighted by Gasteiger charge is 2.46. The zero-order chi connectivity index (χ0) is 22.2. The number of thioether (sulfide) groups is 1. The molecule has 2 heterocycles. The maximum absolute atomic E-state index is 12.6. The molecule has 0 bridgehead atoms. The Kier molecular flexibility index (Phi) is 6.32. The van der Waals surface area contributed by atoms with Crippen LogP contribution in [-0.2, 0) is 21.2 Å².